The van der Waals surface area contributed by atoms with Crippen molar-refractivity contribution in [2.24, 2.45) is 5.92 Å². The lowest BCUT2D eigenvalue weighted by Gasteiger charge is -2.22. The molecule has 108 valence electrons. The Balaban J connectivity index is 1.75. The summed E-state index contributed by atoms with van der Waals surface area (Å²) in [5.41, 5.74) is 1.19. The molecule has 1 aromatic carbocycles. The molecule has 1 aromatic rings. The van der Waals surface area contributed by atoms with Gasteiger partial charge in [-0.2, -0.15) is 0 Å². The maximum atomic E-state index is 9.21. The van der Waals surface area contributed by atoms with Crippen molar-refractivity contribution in [3.8, 4) is 5.75 Å². The second kappa shape index (κ2) is 6.17. The number of hydrogen-bond acceptors (Lipinski definition) is 3. The number of ether oxygens (including phenoxy) is 1. The fourth-order valence-corrected chi connectivity index (χ4v) is 3.17. The molecule has 0 spiro atoms. The summed E-state index contributed by atoms with van der Waals surface area (Å²) in [6, 6.07) is 6.50. The average molecular weight is 294 g/mol. The summed E-state index contributed by atoms with van der Waals surface area (Å²) in [5.74, 6) is 1.19. The van der Waals surface area contributed by atoms with Crippen molar-refractivity contribution in [3.05, 3.63) is 40.9 Å². The minimum absolute atomic E-state index is 0.231. The van der Waals surface area contributed by atoms with Crippen molar-refractivity contribution in [2.75, 3.05) is 13.2 Å². The zero-order valence-electron chi connectivity index (χ0n) is 11.4. The van der Waals surface area contributed by atoms with Crippen molar-refractivity contribution >= 4 is 11.6 Å². The van der Waals surface area contributed by atoms with Crippen LogP contribution in [0.15, 0.2) is 30.4 Å². The highest BCUT2D eigenvalue weighted by molar-refractivity contribution is 6.30. The lowest BCUT2D eigenvalue weighted by Crippen LogP contribution is -2.30. The van der Waals surface area contributed by atoms with E-state index in [9.17, 15) is 5.11 Å². The summed E-state index contributed by atoms with van der Waals surface area (Å²) in [6.45, 7) is 0.972. The molecule has 0 fully saturated rings. The molecule has 2 N–H and O–H groups in total. The molecule has 0 unspecified atom stereocenters. The standard InChI is InChI=1S/C16H20ClNO2/c17-12-4-6-14-15(2-1-7-20-16(14)9-12)18-13-5-3-11(8-13)10-19/h3-6,9,11,13,15,18-19H,1-2,7-8,10H2/t11-,13+,15+/m0/s1. The van der Waals surface area contributed by atoms with Crippen LogP contribution >= 0.6 is 11.6 Å². The monoisotopic (exact) mass is 293 g/mol. The molecular weight excluding hydrogens is 274 g/mol. The van der Waals surface area contributed by atoms with E-state index in [-0.39, 0.29) is 12.6 Å². The van der Waals surface area contributed by atoms with Crippen LogP contribution in [0.25, 0.3) is 0 Å². The molecule has 1 heterocycles. The fraction of sp³-hybridized carbons (Fsp3) is 0.500. The summed E-state index contributed by atoms with van der Waals surface area (Å²) >= 11 is 6.05. The third-order valence-electron chi connectivity index (χ3n) is 4.07. The van der Waals surface area contributed by atoms with Crippen LogP contribution in [0, 0.1) is 5.92 Å². The first-order chi connectivity index (χ1) is 9.76. The van der Waals surface area contributed by atoms with Gasteiger partial charge in [-0.25, -0.2) is 0 Å². The van der Waals surface area contributed by atoms with Gasteiger partial charge < -0.3 is 15.2 Å². The molecule has 2 aliphatic rings. The van der Waals surface area contributed by atoms with Gasteiger partial charge in [0.05, 0.1) is 6.61 Å². The van der Waals surface area contributed by atoms with E-state index in [0.717, 1.165) is 31.6 Å². The van der Waals surface area contributed by atoms with Crippen molar-refractivity contribution in [1.82, 2.24) is 5.32 Å². The van der Waals surface area contributed by atoms with Crippen LogP contribution in [0.2, 0.25) is 5.02 Å². The van der Waals surface area contributed by atoms with Crippen molar-refractivity contribution in [2.45, 2.75) is 31.3 Å². The molecule has 0 aromatic heterocycles. The highest BCUT2D eigenvalue weighted by atomic mass is 35.5. The van der Waals surface area contributed by atoms with E-state index in [1.807, 2.05) is 12.1 Å². The molecule has 0 amide bonds. The Labute approximate surface area is 124 Å². The van der Waals surface area contributed by atoms with Crippen LogP contribution in [0.4, 0.5) is 0 Å². The summed E-state index contributed by atoms with van der Waals surface area (Å²) in [6.07, 6.45) is 7.33. The molecule has 0 radical (unpaired) electrons. The smallest absolute Gasteiger partial charge is 0.125 e. The van der Waals surface area contributed by atoms with Crippen LogP contribution < -0.4 is 10.1 Å². The van der Waals surface area contributed by atoms with E-state index in [1.165, 1.54) is 5.56 Å². The van der Waals surface area contributed by atoms with Gasteiger partial charge in [0, 0.05) is 35.2 Å². The summed E-state index contributed by atoms with van der Waals surface area (Å²) in [7, 11) is 0. The molecule has 3 atom stereocenters. The average Bonchev–Trinajstić information content (AvgIpc) is 2.81. The maximum Gasteiger partial charge on any atom is 0.125 e. The van der Waals surface area contributed by atoms with Gasteiger partial charge in [-0.15, -0.1) is 0 Å². The summed E-state index contributed by atoms with van der Waals surface area (Å²) in [5, 5.41) is 13.6. The zero-order chi connectivity index (χ0) is 13.9. The van der Waals surface area contributed by atoms with Gasteiger partial charge in [0.2, 0.25) is 0 Å². The molecule has 0 saturated carbocycles. The predicted octanol–water partition coefficient (Wildman–Crippen LogP) is 3.08. The molecule has 0 saturated heterocycles. The first kappa shape index (κ1) is 13.9. The van der Waals surface area contributed by atoms with Crippen molar-refractivity contribution < 1.29 is 9.84 Å². The van der Waals surface area contributed by atoms with Crippen LogP contribution in [-0.4, -0.2) is 24.4 Å². The Bertz CT molecular complexity index is 503. The van der Waals surface area contributed by atoms with Crippen LogP contribution in [0.1, 0.15) is 30.9 Å². The Morgan fingerprint density at radius 1 is 1.35 bits per heavy atom. The third-order valence-corrected chi connectivity index (χ3v) is 4.30. The second-order valence-electron chi connectivity index (χ2n) is 5.56. The minimum atomic E-state index is 0.231. The number of halogens is 1. The fourth-order valence-electron chi connectivity index (χ4n) is 3.01. The van der Waals surface area contributed by atoms with Crippen LogP contribution in [-0.2, 0) is 0 Å². The first-order valence-electron chi connectivity index (χ1n) is 7.24. The number of fused-ring (bicyclic) bond motifs is 1. The molecule has 3 rings (SSSR count). The van der Waals surface area contributed by atoms with Gasteiger partial charge in [0.25, 0.3) is 0 Å². The normalized spacial score (nSPS) is 28.8. The largest absolute Gasteiger partial charge is 0.493 e. The Morgan fingerprint density at radius 3 is 3.05 bits per heavy atom. The quantitative estimate of drug-likeness (QED) is 0.842. The van der Waals surface area contributed by atoms with E-state index in [1.54, 1.807) is 0 Å². The number of nitrogens with one attached hydrogen (secondary N) is 1. The summed E-state index contributed by atoms with van der Waals surface area (Å²) in [4.78, 5) is 0. The highest BCUT2D eigenvalue weighted by Gasteiger charge is 2.25. The highest BCUT2D eigenvalue weighted by Crippen LogP contribution is 2.34. The van der Waals surface area contributed by atoms with Gasteiger partial charge in [-0.1, -0.05) is 29.8 Å². The lowest BCUT2D eigenvalue weighted by atomic mass is 10.00. The Morgan fingerprint density at radius 2 is 2.25 bits per heavy atom. The molecule has 3 nitrogen and oxygen atoms in total. The molecule has 0 bridgehead atoms. The zero-order valence-corrected chi connectivity index (χ0v) is 12.1. The number of rotatable bonds is 3. The molecular formula is C16H20ClNO2. The SMILES string of the molecule is OC[C@H]1C=C[C@@H](N[C@@H]2CCCOc3cc(Cl)ccc32)C1. The Kier molecular flexibility index (Phi) is 4.29. The second-order valence-corrected chi connectivity index (χ2v) is 6.00. The van der Waals surface area contributed by atoms with Gasteiger partial charge in [0.15, 0.2) is 0 Å². The molecule has 1 aliphatic heterocycles. The topological polar surface area (TPSA) is 41.5 Å². The van der Waals surface area contributed by atoms with E-state index < -0.39 is 0 Å². The van der Waals surface area contributed by atoms with Crippen LogP contribution in [0.5, 0.6) is 5.75 Å². The molecule has 20 heavy (non-hydrogen) atoms. The molecule has 1 aliphatic carbocycles. The van der Waals surface area contributed by atoms with E-state index in [2.05, 4.69) is 23.5 Å². The number of aliphatic hydroxyl groups is 1. The first-order valence-corrected chi connectivity index (χ1v) is 7.61. The van der Waals surface area contributed by atoms with Gasteiger partial charge in [-0.05, 0) is 31.4 Å². The van der Waals surface area contributed by atoms with Crippen molar-refractivity contribution in [3.63, 3.8) is 0 Å². The predicted molar refractivity (Wildman–Crippen MR) is 80.2 cm³/mol. The number of aliphatic hydroxyl groups excluding tert-OH is 1. The van der Waals surface area contributed by atoms with E-state index in [4.69, 9.17) is 16.3 Å². The van der Waals surface area contributed by atoms with Gasteiger partial charge in [-0.3, -0.25) is 0 Å². The summed E-state index contributed by atoms with van der Waals surface area (Å²) < 4.78 is 5.78. The molecule has 4 heteroatoms. The van der Waals surface area contributed by atoms with Gasteiger partial charge >= 0.3 is 0 Å². The third kappa shape index (κ3) is 3.00. The van der Waals surface area contributed by atoms with Gasteiger partial charge in [0.1, 0.15) is 5.75 Å². The maximum absolute atomic E-state index is 9.21. The van der Waals surface area contributed by atoms with Crippen molar-refractivity contribution in [1.29, 1.82) is 0 Å². The number of hydrogen-bond donors (Lipinski definition) is 2. The Hall–Kier alpha value is -1.03. The lowest BCUT2D eigenvalue weighted by molar-refractivity contribution is 0.244. The minimum Gasteiger partial charge on any atom is -0.493 e. The number of benzene rings is 1. The van der Waals surface area contributed by atoms with E-state index >= 15 is 0 Å². The van der Waals surface area contributed by atoms with Crippen LogP contribution in [0.3, 0.4) is 0 Å². The van der Waals surface area contributed by atoms with E-state index in [0.29, 0.717) is 17.0 Å².